The second kappa shape index (κ2) is 10.4. The van der Waals surface area contributed by atoms with E-state index in [0.29, 0.717) is 41.9 Å². The third-order valence-electron chi connectivity index (χ3n) is 4.31. The standard InChI is InChI=1S/C21H17Cl2NO5S2/c1-27-17-8-12(9-18-20(26)24(21(30)31-18)10-19(25)28-2)6-7-16(17)29-11-13-14(22)4-3-5-15(13)23/h3-9H,10-11H2,1-2H3. The number of esters is 1. The van der Waals surface area contributed by atoms with Crippen LogP contribution in [-0.4, -0.2) is 41.9 Å². The third-order valence-corrected chi connectivity index (χ3v) is 6.39. The monoisotopic (exact) mass is 497 g/mol. The number of rotatable bonds is 7. The Kier molecular flexibility index (Phi) is 7.83. The quantitative estimate of drug-likeness (QED) is 0.304. The number of hydrogen-bond donors (Lipinski definition) is 0. The fourth-order valence-electron chi connectivity index (χ4n) is 2.69. The smallest absolute Gasteiger partial charge is 0.325 e. The molecule has 1 heterocycles. The van der Waals surface area contributed by atoms with E-state index in [9.17, 15) is 9.59 Å². The zero-order valence-electron chi connectivity index (χ0n) is 16.5. The van der Waals surface area contributed by atoms with Crippen molar-refractivity contribution in [2.75, 3.05) is 20.8 Å². The minimum absolute atomic E-state index is 0.167. The van der Waals surface area contributed by atoms with Crippen molar-refractivity contribution in [1.29, 1.82) is 0 Å². The topological polar surface area (TPSA) is 65.1 Å². The van der Waals surface area contributed by atoms with Gasteiger partial charge in [-0.05, 0) is 35.9 Å². The number of nitrogens with zero attached hydrogens (tertiary/aromatic N) is 1. The second-order valence-electron chi connectivity index (χ2n) is 6.24. The van der Waals surface area contributed by atoms with E-state index in [-0.39, 0.29) is 19.1 Å². The van der Waals surface area contributed by atoms with Gasteiger partial charge in [0.2, 0.25) is 0 Å². The van der Waals surface area contributed by atoms with Gasteiger partial charge in [0, 0.05) is 15.6 Å². The van der Waals surface area contributed by atoms with Gasteiger partial charge in [0.05, 0.1) is 19.1 Å². The predicted molar refractivity (Wildman–Crippen MR) is 126 cm³/mol. The average Bonchev–Trinajstić information content (AvgIpc) is 3.01. The van der Waals surface area contributed by atoms with Crippen LogP contribution in [0.5, 0.6) is 11.5 Å². The van der Waals surface area contributed by atoms with Gasteiger partial charge in [0.25, 0.3) is 5.91 Å². The molecular weight excluding hydrogens is 481 g/mol. The number of hydrogen-bond acceptors (Lipinski definition) is 7. The fourth-order valence-corrected chi connectivity index (χ4v) is 4.46. The highest BCUT2D eigenvalue weighted by Gasteiger charge is 2.33. The highest BCUT2D eigenvalue weighted by Crippen LogP contribution is 2.35. The molecule has 0 atom stereocenters. The molecule has 6 nitrogen and oxygen atoms in total. The van der Waals surface area contributed by atoms with Crippen molar-refractivity contribution in [1.82, 2.24) is 4.90 Å². The lowest BCUT2D eigenvalue weighted by atomic mass is 10.1. The number of halogens is 2. The number of ether oxygens (including phenoxy) is 3. The van der Waals surface area contributed by atoms with E-state index in [4.69, 9.17) is 44.9 Å². The summed E-state index contributed by atoms with van der Waals surface area (Å²) in [4.78, 5) is 25.7. The van der Waals surface area contributed by atoms with Gasteiger partial charge in [-0.15, -0.1) is 0 Å². The number of benzene rings is 2. The van der Waals surface area contributed by atoms with Crippen molar-refractivity contribution in [2.45, 2.75) is 6.61 Å². The van der Waals surface area contributed by atoms with Gasteiger partial charge < -0.3 is 14.2 Å². The van der Waals surface area contributed by atoms with Gasteiger partial charge in [-0.2, -0.15) is 0 Å². The minimum atomic E-state index is -0.542. The molecule has 162 valence electrons. The molecule has 0 aliphatic carbocycles. The molecule has 0 N–H and O–H groups in total. The maximum Gasteiger partial charge on any atom is 0.325 e. The number of carbonyl (C=O) groups is 2. The van der Waals surface area contributed by atoms with Gasteiger partial charge in [0.1, 0.15) is 17.5 Å². The first-order valence-corrected chi connectivity index (χ1v) is 10.9. The van der Waals surface area contributed by atoms with E-state index < -0.39 is 5.97 Å². The average molecular weight is 498 g/mol. The highest BCUT2D eigenvalue weighted by molar-refractivity contribution is 8.26. The lowest BCUT2D eigenvalue weighted by molar-refractivity contribution is -0.143. The Morgan fingerprint density at radius 3 is 2.52 bits per heavy atom. The van der Waals surface area contributed by atoms with Crippen LogP contribution in [0.15, 0.2) is 41.3 Å². The first-order chi connectivity index (χ1) is 14.8. The Morgan fingerprint density at radius 1 is 1.16 bits per heavy atom. The molecular formula is C21H17Cl2NO5S2. The van der Waals surface area contributed by atoms with E-state index in [2.05, 4.69) is 4.74 Å². The Morgan fingerprint density at radius 2 is 1.87 bits per heavy atom. The number of carbonyl (C=O) groups excluding carboxylic acids is 2. The van der Waals surface area contributed by atoms with E-state index in [1.54, 1.807) is 42.5 Å². The summed E-state index contributed by atoms with van der Waals surface area (Å²) in [6.45, 7) is -0.0559. The van der Waals surface area contributed by atoms with Gasteiger partial charge in [-0.3, -0.25) is 14.5 Å². The molecule has 3 rings (SSSR count). The van der Waals surface area contributed by atoms with Crippen molar-refractivity contribution < 1.29 is 23.8 Å². The second-order valence-corrected chi connectivity index (χ2v) is 8.73. The first-order valence-electron chi connectivity index (χ1n) is 8.90. The van der Waals surface area contributed by atoms with E-state index in [1.165, 1.54) is 19.1 Å². The molecule has 31 heavy (non-hydrogen) atoms. The molecule has 2 aromatic rings. The largest absolute Gasteiger partial charge is 0.493 e. The zero-order chi connectivity index (χ0) is 22.5. The van der Waals surface area contributed by atoms with Crippen LogP contribution in [0.25, 0.3) is 6.08 Å². The summed E-state index contributed by atoms with van der Waals surface area (Å²) < 4.78 is 16.2. The highest BCUT2D eigenvalue weighted by atomic mass is 35.5. The molecule has 1 fully saturated rings. The van der Waals surface area contributed by atoms with Crippen LogP contribution in [0.2, 0.25) is 10.0 Å². The van der Waals surface area contributed by atoms with Crippen LogP contribution in [0, 0.1) is 0 Å². The summed E-state index contributed by atoms with van der Waals surface area (Å²) in [6, 6.07) is 10.5. The van der Waals surface area contributed by atoms with Crippen LogP contribution in [-0.2, 0) is 20.9 Å². The summed E-state index contributed by atoms with van der Waals surface area (Å²) in [5.41, 5.74) is 1.38. The van der Waals surface area contributed by atoms with E-state index in [0.717, 1.165) is 11.8 Å². The van der Waals surface area contributed by atoms with Crippen molar-refractivity contribution >= 4 is 69.5 Å². The lowest BCUT2D eigenvalue weighted by Gasteiger charge is -2.13. The number of methoxy groups -OCH3 is 2. The van der Waals surface area contributed by atoms with Crippen molar-refractivity contribution in [3.05, 3.63) is 62.5 Å². The van der Waals surface area contributed by atoms with Gasteiger partial charge >= 0.3 is 5.97 Å². The third kappa shape index (κ3) is 5.51. The van der Waals surface area contributed by atoms with E-state index >= 15 is 0 Å². The van der Waals surface area contributed by atoms with Crippen LogP contribution in [0.3, 0.4) is 0 Å². The zero-order valence-corrected chi connectivity index (χ0v) is 19.7. The molecule has 1 amide bonds. The maximum atomic E-state index is 12.6. The summed E-state index contributed by atoms with van der Waals surface area (Å²) in [7, 11) is 2.77. The molecule has 1 saturated heterocycles. The first kappa shape index (κ1) is 23.4. The minimum Gasteiger partial charge on any atom is -0.493 e. The Bertz CT molecular complexity index is 1050. The lowest BCUT2D eigenvalue weighted by Crippen LogP contribution is -2.33. The molecule has 1 aliphatic rings. The number of thioether (sulfide) groups is 1. The molecule has 0 saturated carbocycles. The number of amides is 1. The van der Waals surface area contributed by atoms with Crippen molar-refractivity contribution in [3.63, 3.8) is 0 Å². The van der Waals surface area contributed by atoms with Crippen LogP contribution >= 0.6 is 47.2 Å². The number of thiocarbonyl (C=S) groups is 1. The molecule has 2 aromatic carbocycles. The van der Waals surface area contributed by atoms with Gasteiger partial charge in [0.15, 0.2) is 11.5 Å². The molecule has 0 spiro atoms. The van der Waals surface area contributed by atoms with Crippen molar-refractivity contribution in [2.24, 2.45) is 0 Å². The molecule has 0 bridgehead atoms. The fraction of sp³-hybridized carbons (Fsp3) is 0.190. The predicted octanol–water partition coefficient (Wildman–Crippen LogP) is 4.96. The summed E-state index contributed by atoms with van der Waals surface area (Å²) in [5.74, 6) is 0.0724. The van der Waals surface area contributed by atoms with Gasteiger partial charge in [-0.1, -0.05) is 59.3 Å². The van der Waals surface area contributed by atoms with Crippen LogP contribution in [0.4, 0.5) is 0 Å². The normalized spacial score (nSPS) is 14.8. The van der Waals surface area contributed by atoms with Crippen molar-refractivity contribution in [3.8, 4) is 11.5 Å². The SMILES string of the molecule is COC(=O)CN1C(=O)C(=Cc2ccc(OCc3c(Cl)cccc3Cl)c(OC)c2)SC1=S. The molecule has 0 unspecified atom stereocenters. The maximum absolute atomic E-state index is 12.6. The summed E-state index contributed by atoms with van der Waals surface area (Å²) in [6.07, 6.45) is 1.67. The van der Waals surface area contributed by atoms with E-state index in [1.807, 2.05) is 0 Å². The molecule has 0 aromatic heterocycles. The summed E-state index contributed by atoms with van der Waals surface area (Å²) in [5, 5.41) is 1.02. The van der Waals surface area contributed by atoms with Crippen LogP contribution < -0.4 is 9.47 Å². The Labute approximate surface area is 199 Å². The molecule has 10 heteroatoms. The Balaban J connectivity index is 1.78. The summed E-state index contributed by atoms with van der Waals surface area (Å²) >= 11 is 18.7. The van der Waals surface area contributed by atoms with Crippen LogP contribution in [0.1, 0.15) is 11.1 Å². The molecule has 0 radical (unpaired) electrons. The Hall–Kier alpha value is -2.26. The molecule has 1 aliphatic heterocycles. The van der Waals surface area contributed by atoms with Gasteiger partial charge in [-0.25, -0.2) is 0 Å².